The number of benzene rings is 3. The van der Waals surface area contributed by atoms with Crippen LogP contribution in [0.4, 0.5) is 5.69 Å². The molecule has 1 atom stereocenters. The van der Waals surface area contributed by atoms with Gasteiger partial charge < -0.3 is 15.0 Å². The van der Waals surface area contributed by atoms with Gasteiger partial charge in [0.1, 0.15) is 18.3 Å². The number of halogens is 1. The lowest BCUT2D eigenvalue weighted by Crippen LogP contribution is -2.53. The third-order valence-electron chi connectivity index (χ3n) is 6.03. The summed E-state index contributed by atoms with van der Waals surface area (Å²) in [6.07, 6.45) is 0.336. The van der Waals surface area contributed by atoms with Crippen molar-refractivity contribution in [2.24, 2.45) is 0 Å². The number of nitrogens with one attached hydrogen (secondary N) is 1. The molecule has 3 aromatic rings. The molecule has 0 saturated carbocycles. The maximum absolute atomic E-state index is 14.0. The van der Waals surface area contributed by atoms with Gasteiger partial charge in [-0.05, 0) is 62.2 Å². The van der Waals surface area contributed by atoms with Crippen LogP contribution in [0.2, 0.25) is 5.02 Å². The van der Waals surface area contributed by atoms with Crippen LogP contribution in [0.1, 0.15) is 32.8 Å². The molecular formula is C29H34ClN3O5S. The molecule has 208 valence electrons. The van der Waals surface area contributed by atoms with Crippen molar-refractivity contribution >= 4 is 39.1 Å². The van der Waals surface area contributed by atoms with Crippen LogP contribution in [0.5, 0.6) is 5.75 Å². The highest BCUT2D eigenvalue weighted by Crippen LogP contribution is 2.28. The van der Waals surface area contributed by atoms with Crippen LogP contribution in [0.3, 0.4) is 0 Å². The molecule has 3 aromatic carbocycles. The topological polar surface area (TPSA) is 96.0 Å². The fourth-order valence-electron chi connectivity index (χ4n) is 4.10. The molecule has 0 spiro atoms. The minimum Gasteiger partial charge on any atom is -0.497 e. The third-order valence-corrected chi connectivity index (χ3v) is 8.07. The summed E-state index contributed by atoms with van der Waals surface area (Å²) < 4.78 is 34.0. The predicted octanol–water partition coefficient (Wildman–Crippen LogP) is 4.88. The van der Waals surface area contributed by atoms with Gasteiger partial charge in [0, 0.05) is 23.7 Å². The second kappa shape index (κ2) is 13.5. The van der Waals surface area contributed by atoms with Gasteiger partial charge in [0.25, 0.3) is 10.0 Å². The van der Waals surface area contributed by atoms with Crippen molar-refractivity contribution in [1.29, 1.82) is 0 Å². The van der Waals surface area contributed by atoms with Crippen LogP contribution in [-0.4, -0.2) is 50.9 Å². The predicted molar refractivity (Wildman–Crippen MR) is 153 cm³/mol. The quantitative estimate of drug-likeness (QED) is 0.334. The average molecular weight is 572 g/mol. The van der Waals surface area contributed by atoms with Crippen molar-refractivity contribution in [3.63, 3.8) is 0 Å². The zero-order valence-corrected chi connectivity index (χ0v) is 24.1. The lowest BCUT2D eigenvalue weighted by atomic mass is 10.1. The molecule has 0 aliphatic heterocycles. The van der Waals surface area contributed by atoms with Crippen LogP contribution < -0.4 is 14.4 Å². The van der Waals surface area contributed by atoms with E-state index in [1.807, 2.05) is 20.8 Å². The summed E-state index contributed by atoms with van der Waals surface area (Å²) in [5.74, 6) is -0.402. The second-order valence-electron chi connectivity index (χ2n) is 9.26. The maximum atomic E-state index is 14.0. The Bertz CT molecular complexity index is 1370. The number of amides is 2. The molecule has 2 amide bonds. The van der Waals surface area contributed by atoms with Gasteiger partial charge in [-0.15, -0.1) is 0 Å². The number of hydrogen-bond acceptors (Lipinski definition) is 5. The molecule has 0 aliphatic carbocycles. The molecule has 0 heterocycles. The molecule has 0 radical (unpaired) electrons. The van der Waals surface area contributed by atoms with Crippen molar-refractivity contribution < 1.29 is 22.7 Å². The fraction of sp³-hybridized carbons (Fsp3) is 0.310. The fourth-order valence-corrected chi connectivity index (χ4v) is 5.65. The number of carbonyl (C=O) groups excluding carboxylic acids is 2. The van der Waals surface area contributed by atoms with E-state index in [9.17, 15) is 18.0 Å². The van der Waals surface area contributed by atoms with Gasteiger partial charge in [-0.25, -0.2) is 8.42 Å². The molecule has 8 nitrogen and oxygen atoms in total. The van der Waals surface area contributed by atoms with E-state index in [-0.39, 0.29) is 29.1 Å². The molecule has 0 aliphatic rings. The number of nitrogens with zero attached hydrogens (tertiary/aromatic N) is 2. The molecular weight excluding hydrogens is 538 g/mol. The monoisotopic (exact) mass is 571 g/mol. The number of ether oxygens (including phenoxy) is 1. The van der Waals surface area contributed by atoms with E-state index in [0.717, 1.165) is 9.87 Å². The van der Waals surface area contributed by atoms with Crippen LogP contribution in [-0.2, 0) is 26.2 Å². The first-order chi connectivity index (χ1) is 18.6. The van der Waals surface area contributed by atoms with Crippen molar-refractivity contribution in [2.75, 3.05) is 18.0 Å². The summed E-state index contributed by atoms with van der Waals surface area (Å²) in [5.41, 5.74) is 1.01. The Balaban J connectivity index is 2.06. The molecule has 0 bridgehead atoms. The summed E-state index contributed by atoms with van der Waals surface area (Å²) >= 11 is 6.05. The van der Waals surface area contributed by atoms with Gasteiger partial charge in [-0.2, -0.15) is 0 Å². The Morgan fingerprint density at radius 3 is 2.23 bits per heavy atom. The van der Waals surface area contributed by atoms with Crippen molar-refractivity contribution in [2.45, 2.75) is 50.7 Å². The largest absolute Gasteiger partial charge is 0.497 e. The summed E-state index contributed by atoms with van der Waals surface area (Å²) in [6, 6.07) is 20.4. The maximum Gasteiger partial charge on any atom is 0.264 e. The standard InChI is InChI=1S/C29H34ClN3O5S/c1-5-27(29(35)31-21(2)3)32(19-22-14-16-23(30)17-15-22)28(34)20-33(24-10-9-11-25(18-24)38-4)39(36,37)26-12-7-6-8-13-26/h6-18,21,27H,5,19-20H2,1-4H3,(H,31,35). The molecule has 1 unspecified atom stereocenters. The first-order valence-corrected chi connectivity index (χ1v) is 14.4. The molecule has 39 heavy (non-hydrogen) atoms. The molecule has 0 aromatic heterocycles. The van der Waals surface area contributed by atoms with Crippen LogP contribution in [0, 0.1) is 0 Å². The average Bonchev–Trinajstić information content (AvgIpc) is 2.92. The molecule has 1 N–H and O–H groups in total. The highest BCUT2D eigenvalue weighted by molar-refractivity contribution is 7.92. The van der Waals surface area contributed by atoms with E-state index < -0.39 is 28.5 Å². The third kappa shape index (κ3) is 7.74. The SMILES string of the molecule is CCC(C(=O)NC(C)C)N(Cc1ccc(Cl)cc1)C(=O)CN(c1cccc(OC)c1)S(=O)(=O)c1ccccc1. The Kier molecular flexibility index (Phi) is 10.4. The van der Waals surface area contributed by atoms with Crippen molar-refractivity contribution in [1.82, 2.24) is 10.2 Å². The van der Waals surface area contributed by atoms with Gasteiger partial charge >= 0.3 is 0 Å². The number of hydrogen-bond donors (Lipinski definition) is 1. The first kappa shape index (κ1) is 30.0. The first-order valence-electron chi connectivity index (χ1n) is 12.6. The van der Waals surface area contributed by atoms with E-state index >= 15 is 0 Å². The second-order valence-corrected chi connectivity index (χ2v) is 11.6. The minimum atomic E-state index is -4.15. The number of rotatable bonds is 12. The van der Waals surface area contributed by atoms with E-state index in [1.54, 1.807) is 66.7 Å². The summed E-state index contributed by atoms with van der Waals surface area (Å²) in [4.78, 5) is 28.6. The lowest BCUT2D eigenvalue weighted by molar-refractivity contribution is -0.140. The molecule has 0 fully saturated rings. The van der Waals surface area contributed by atoms with Crippen molar-refractivity contribution in [3.05, 3.63) is 89.4 Å². The van der Waals surface area contributed by atoms with Gasteiger partial charge in [-0.1, -0.05) is 54.9 Å². The van der Waals surface area contributed by atoms with Gasteiger partial charge in [0.2, 0.25) is 11.8 Å². The molecule has 0 saturated heterocycles. The Labute approximate surface area is 235 Å². The Hall–Kier alpha value is -3.56. The zero-order chi connectivity index (χ0) is 28.6. The van der Waals surface area contributed by atoms with E-state index in [0.29, 0.717) is 17.2 Å². The number of anilines is 1. The lowest BCUT2D eigenvalue weighted by Gasteiger charge is -2.33. The summed E-state index contributed by atoms with van der Waals surface area (Å²) in [7, 11) is -2.67. The normalized spacial score (nSPS) is 12.1. The smallest absolute Gasteiger partial charge is 0.264 e. The number of sulfonamides is 1. The van der Waals surface area contributed by atoms with Crippen LogP contribution in [0.25, 0.3) is 0 Å². The summed E-state index contributed by atoms with van der Waals surface area (Å²) in [5, 5.41) is 3.42. The van der Waals surface area contributed by atoms with E-state index in [2.05, 4.69) is 5.32 Å². The molecule has 3 rings (SSSR count). The van der Waals surface area contributed by atoms with E-state index in [1.165, 1.54) is 24.1 Å². The van der Waals surface area contributed by atoms with Gasteiger partial charge in [-0.3, -0.25) is 13.9 Å². The highest BCUT2D eigenvalue weighted by Gasteiger charge is 2.34. The molecule has 10 heteroatoms. The number of carbonyl (C=O) groups is 2. The van der Waals surface area contributed by atoms with Gasteiger partial charge in [0.15, 0.2) is 0 Å². The van der Waals surface area contributed by atoms with E-state index in [4.69, 9.17) is 16.3 Å². The Morgan fingerprint density at radius 2 is 1.64 bits per heavy atom. The highest BCUT2D eigenvalue weighted by atomic mass is 35.5. The van der Waals surface area contributed by atoms with Crippen LogP contribution in [0.15, 0.2) is 83.8 Å². The zero-order valence-electron chi connectivity index (χ0n) is 22.5. The Morgan fingerprint density at radius 1 is 0.974 bits per heavy atom. The summed E-state index contributed by atoms with van der Waals surface area (Å²) in [6.45, 7) is 5.06. The minimum absolute atomic E-state index is 0.0365. The number of methoxy groups -OCH3 is 1. The van der Waals surface area contributed by atoms with Crippen molar-refractivity contribution in [3.8, 4) is 5.75 Å². The van der Waals surface area contributed by atoms with Crippen LogP contribution >= 0.6 is 11.6 Å². The van der Waals surface area contributed by atoms with Gasteiger partial charge in [0.05, 0.1) is 17.7 Å².